The van der Waals surface area contributed by atoms with Crippen molar-refractivity contribution in [3.8, 4) is 0 Å². The number of likely N-dealkylation sites (tertiary alicyclic amines) is 1. The van der Waals surface area contributed by atoms with Gasteiger partial charge in [0.15, 0.2) is 5.03 Å². The standard InChI is InChI=1S/C12H22N4O3S/c1-3-16-6-4-11(5-7-16)15(2)20(18,19)12-10(9-17)8-13-14-12/h8,11,17H,3-7,9H2,1-2H3,(H,13,14). The average molecular weight is 302 g/mol. The molecule has 114 valence electrons. The first-order valence-corrected chi connectivity index (χ1v) is 8.28. The quantitative estimate of drug-likeness (QED) is 0.799. The van der Waals surface area contributed by atoms with E-state index in [1.807, 2.05) is 0 Å². The summed E-state index contributed by atoms with van der Waals surface area (Å²) in [6.07, 6.45) is 3.00. The van der Waals surface area contributed by atoms with Crippen molar-refractivity contribution in [2.45, 2.75) is 37.4 Å². The molecule has 0 aromatic carbocycles. The van der Waals surface area contributed by atoms with Crippen molar-refractivity contribution in [3.63, 3.8) is 0 Å². The number of rotatable bonds is 5. The Balaban J connectivity index is 2.14. The van der Waals surface area contributed by atoms with Gasteiger partial charge in [0.1, 0.15) is 0 Å². The summed E-state index contributed by atoms with van der Waals surface area (Å²) in [5, 5.41) is 15.4. The van der Waals surface area contributed by atoms with Gasteiger partial charge in [-0.05, 0) is 32.5 Å². The van der Waals surface area contributed by atoms with Crippen molar-refractivity contribution in [1.82, 2.24) is 19.4 Å². The van der Waals surface area contributed by atoms with Crippen LogP contribution in [0.25, 0.3) is 0 Å². The molecule has 0 aliphatic carbocycles. The van der Waals surface area contributed by atoms with Crippen LogP contribution in [0, 0.1) is 0 Å². The van der Waals surface area contributed by atoms with Crippen molar-refractivity contribution in [2.24, 2.45) is 0 Å². The summed E-state index contributed by atoms with van der Waals surface area (Å²) in [6.45, 7) is 4.60. The van der Waals surface area contributed by atoms with E-state index in [4.69, 9.17) is 0 Å². The largest absolute Gasteiger partial charge is 0.392 e. The van der Waals surface area contributed by atoms with Gasteiger partial charge in [0.2, 0.25) is 0 Å². The molecular formula is C12H22N4O3S. The molecule has 2 heterocycles. The van der Waals surface area contributed by atoms with Crippen LogP contribution in [-0.2, 0) is 16.6 Å². The van der Waals surface area contributed by atoms with Gasteiger partial charge in [-0.15, -0.1) is 0 Å². The number of nitrogens with one attached hydrogen (secondary N) is 1. The van der Waals surface area contributed by atoms with E-state index in [2.05, 4.69) is 22.0 Å². The Morgan fingerprint density at radius 3 is 2.70 bits per heavy atom. The van der Waals surface area contributed by atoms with E-state index in [0.29, 0.717) is 5.56 Å². The van der Waals surface area contributed by atoms with Gasteiger partial charge in [-0.25, -0.2) is 8.42 Å². The van der Waals surface area contributed by atoms with Crippen LogP contribution >= 0.6 is 0 Å². The number of piperidine rings is 1. The van der Waals surface area contributed by atoms with Crippen LogP contribution in [0.15, 0.2) is 11.2 Å². The molecule has 7 nitrogen and oxygen atoms in total. The summed E-state index contributed by atoms with van der Waals surface area (Å²) in [4.78, 5) is 2.31. The van der Waals surface area contributed by atoms with Gasteiger partial charge in [0, 0.05) is 18.7 Å². The van der Waals surface area contributed by atoms with Crippen molar-refractivity contribution in [1.29, 1.82) is 0 Å². The van der Waals surface area contributed by atoms with E-state index in [0.717, 1.165) is 32.5 Å². The Morgan fingerprint density at radius 1 is 1.50 bits per heavy atom. The minimum Gasteiger partial charge on any atom is -0.392 e. The monoisotopic (exact) mass is 302 g/mol. The summed E-state index contributed by atoms with van der Waals surface area (Å²) in [5.41, 5.74) is 0.308. The Hall–Kier alpha value is -0.960. The number of hydrogen-bond acceptors (Lipinski definition) is 5. The van der Waals surface area contributed by atoms with Crippen molar-refractivity contribution in [3.05, 3.63) is 11.8 Å². The van der Waals surface area contributed by atoms with Gasteiger partial charge >= 0.3 is 0 Å². The normalized spacial score (nSPS) is 18.8. The van der Waals surface area contributed by atoms with Gasteiger partial charge in [0.25, 0.3) is 10.0 Å². The molecule has 1 fully saturated rings. The van der Waals surface area contributed by atoms with Gasteiger partial charge in [-0.2, -0.15) is 9.40 Å². The Kier molecular flexibility index (Phi) is 4.79. The summed E-state index contributed by atoms with van der Waals surface area (Å²) < 4.78 is 26.5. The summed E-state index contributed by atoms with van der Waals surface area (Å²) in [6, 6.07) is -0.00218. The molecule has 0 radical (unpaired) electrons. The molecule has 8 heteroatoms. The molecule has 0 spiro atoms. The summed E-state index contributed by atoms with van der Waals surface area (Å²) in [7, 11) is -2.02. The molecule has 0 unspecified atom stereocenters. The lowest BCUT2D eigenvalue weighted by atomic mass is 10.1. The molecule has 20 heavy (non-hydrogen) atoms. The van der Waals surface area contributed by atoms with Crippen molar-refractivity contribution >= 4 is 10.0 Å². The molecule has 1 aromatic rings. The maximum atomic E-state index is 12.6. The number of hydrogen-bond donors (Lipinski definition) is 2. The van der Waals surface area contributed by atoms with Crippen LogP contribution in [0.4, 0.5) is 0 Å². The van der Waals surface area contributed by atoms with Crippen molar-refractivity contribution < 1.29 is 13.5 Å². The number of aromatic amines is 1. The first-order chi connectivity index (χ1) is 9.50. The molecule has 1 aliphatic rings. The number of nitrogens with zero attached hydrogens (tertiary/aromatic N) is 3. The first kappa shape index (κ1) is 15.4. The van der Waals surface area contributed by atoms with Gasteiger partial charge in [0.05, 0.1) is 12.8 Å². The zero-order valence-corrected chi connectivity index (χ0v) is 12.7. The highest BCUT2D eigenvalue weighted by Gasteiger charge is 2.32. The fourth-order valence-corrected chi connectivity index (χ4v) is 4.08. The lowest BCUT2D eigenvalue weighted by Crippen LogP contribution is -2.45. The van der Waals surface area contributed by atoms with Crippen molar-refractivity contribution in [2.75, 3.05) is 26.7 Å². The second kappa shape index (κ2) is 6.21. The lowest BCUT2D eigenvalue weighted by molar-refractivity contribution is 0.176. The minimum absolute atomic E-state index is 0.000390. The Morgan fingerprint density at radius 2 is 2.15 bits per heavy atom. The third kappa shape index (κ3) is 2.88. The molecule has 2 rings (SSSR count). The second-order valence-electron chi connectivity index (χ2n) is 5.07. The molecule has 2 N–H and O–H groups in total. The Labute approximate surface area is 119 Å². The number of sulfonamides is 1. The predicted octanol–water partition coefficient (Wildman–Crippen LogP) is 0.00680. The van der Waals surface area contributed by atoms with Crippen LogP contribution in [0.5, 0.6) is 0 Å². The van der Waals surface area contributed by atoms with Gasteiger partial charge in [-0.1, -0.05) is 6.92 Å². The SMILES string of the molecule is CCN1CCC(N(C)S(=O)(=O)c2[nH]ncc2CO)CC1. The average Bonchev–Trinajstić information content (AvgIpc) is 2.95. The highest BCUT2D eigenvalue weighted by Crippen LogP contribution is 2.23. The van der Waals surface area contributed by atoms with E-state index < -0.39 is 10.0 Å². The predicted molar refractivity (Wildman–Crippen MR) is 74.6 cm³/mol. The van der Waals surface area contributed by atoms with Crippen LogP contribution in [0.1, 0.15) is 25.3 Å². The lowest BCUT2D eigenvalue weighted by Gasteiger charge is -2.35. The minimum atomic E-state index is -3.63. The molecular weight excluding hydrogens is 280 g/mol. The van der Waals surface area contributed by atoms with Crippen LogP contribution in [0.3, 0.4) is 0 Å². The molecule has 1 saturated heterocycles. The summed E-state index contributed by atoms with van der Waals surface area (Å²) in [5.74, 6) is 0. The number of aliphatic hydroxyl groups is 1. The van der Waals surface area contributed by atoms with Crippen LogP contribution < -0.4 is 0 Å². The first-order valence-electron chi connectivity index (χ1n) is 6.84. The van der Waals surface area contributed by atoms with Crippen LogP contribution in [-0.4, -0.2) is 65.7 Å². The van der Waals surface area contributed by atoms with E-state index in [1.165, 1.54) is 10.5 Å². The molecule has 1 aliphatic heterocycles. The summed E-state index contributed by atoms with van der Waals surface area (Å²) >= 11 is 0. The fourth-order valence-electron chi connectivity index (χ4n) is 2.57. The number of aliphatic hydroxyl groups excluding tert-OH is 1. The van der Waals surface area contributed by atoms with Gasteiger partial charge < -0.3 is 10.0 Å². The van der Waals surface area contributed by atoms with E-state index in [-0.39, 0.29) is 17.7 Å². The molecule has 1 aromatic heterocycles. The third-order valence-electron chi connectivity index (χ3n) is 4.00. The zero-order valence-electron chi connectivity index (χ0n) is 11.9. The number of H-pyrrole nitrogens is 1. The highest BCUT2D eigenvalue weighted by atomic mass is 32.2. The maximum absolute atomic E-state index is 12.6. The van der Waals surface area contributed by atoms with Crippen LogP contribution in [0.2, 0.25) is 0 Å². The van der Waals surface area contributed by atoms with Gasteiger partial charge in [-0.3, -0.25) is 5.10 Å². The maximum Gasteiger partial charge on any atom is 0.260 e. The van der Waals surface area contributed by atoms with E-state index in [1.54, 1.807) is 7.05 Å². The Bertz CT molecular complexity index is 535. The molecule has 0 bridgehead atoms. The second-order valence-corrected chi connectivity index (χ2v) is 7.00. The van der Waals surface area contributed by atoms with E-state index in [9.17, 15) is 13.5 Å². The topological polar surface area (TPSA) is 89.5 Å². The molecule has 0 amide bonds. The third-order valence-corrected chi connectivity index (χ3v) is 5.93. The number of aromatic nitrogens is 2. The molecule has 0 atom stereocenters. The fraction of sp³-hybridized carbons (Fsp3) is 0.750. The highest BCUT2D eigenvalue weighted by molar-refractivity contribution is 7.89. The molecule has 0 saturated carbocycles. The smallest absolute Gasteiger partial charge is 0.260 e. The van der Waals surface area contributed by atoms with E-state index >= 15 is 0 Å². The zero-order chi connectivity index (χ0) is 14.8.